The number of nitrogens with zero attached hydrogens (tertiary/aromatic N) is 4. The number of hydrogen-bond acceptors (Lipinski definition) is 8. The van der Waals surface area contributed by atoms with Crippen LogP contribution in [0, 0.1) is 23.0 Å². The summed E-state index contributed by atoms with van der Waals surface area (Å²) in [5.74, 6) is -1.31. The van der Waals surface area contributed by atoms with Crippen LogP contribution in [0.25, 0.3) is 32.1 Å². The van der Waals surface area contributed by atoms with Gasteiger partial charge in [0.1, 0.15) is 28.0 Å². The summed E-state index contributed by atoms with van der Waals surface area (Å²) in [6, 6.07) is 4.65. The molecule has 1 N–H and O–H groups in total. The quantitative estimate of drug-likeness (QED) is 0.323. The highest BCUT2D eigenvalue weighted by atomic mass is 32.1. The molecule has 0 aliphatic carbocycles. The van der Waals surface area contributed by atoms with E-state index in [-0.39, 0.29) is 50.5 Å². The maximum atomic E-state index is 16.1. The number of carbonyl (C=O) groups excluding carboxylic acids is 1. The molecular weight excluding hydrogens is 488 g/mol. The Balaban J connectivity index is 1.80. The lowest BCUT2D eigenvalue weighted by Crippen LogP contribution is -2.27. The van der Waals surface area contributed by atoms with E-state index in [2.05, 4.69) is 27.2 Å². The number of aliphatic imine (C=N–C) groups is 1. The van der Waals surface area contributed by atoms with Gasteiger partial charge in [0.2, 0.25) is 0 Å². The Morgan fingerprint density at radius 2 is 2.03 bits per heavy atom. The summed E-state index contributed by atoms with van der Waals surface area (Å²) >= 11 is 0.873. The number of fused-ring (bicyclic) bond motifs is 4. The zero-order valence-corrected chi connectivity index (χ0v) is 20.3. The van der Waals surface area contributed by atoms with Gasteiger partial charge in [-0.3, -0.25) is 10.3 Å². The summed E-state index contributed by atoms with van der Waals surface area (Å²) in [5.41, 5.74) is 1.18. The molecule has 2 aromatic carbocycles. The average molecular weight is 508 g/mol. The molecule has 0 saturated carbocycles. The minimum Gasteiger partial charge on any atom is -0.444 e. The number of amides is 1. The number of carbonyl (C=O) groups is 1. The highest BCUT2D eigenvalue weighted by Crippen LogP contribution is 2.47. The molecule has 1 aliphatic heterocycles. The first-order valence-corrected chi connectivity index (χ1v) is 11.6. The van der Waals surface area contributed by atoms with Gasteiger partial charge in [0, 0.05) is 16.3 Å². The predicted octanol–water partition coefficient (Wildman–Crippen LogP) is 6.37. The van der Waals surface area contributed by atoms with Crippen LogP contribution in [0.1, 0.15) is 37.5 Å². The largest absolute Gasteiger partial charge is 0.444 e. The summed E-state index contributed by atoms with van der Waals surface area (Å²) in [6.45, 7) is 8.92. The first-order valence-electron chi connectivity index (χ1n) is 10.8. The Morgan fingerprint density at radius 3 is 2.72 bits per heavy atom. The Labute approximate surface area is 208 Å². The summed E-state index contributed by atoms with van der Waals surface area (Å²) in [4.78, 5) is 16.3. The highest BCUT2D eigenvalue weighted by molar-refractivity contribution is 7.23. The number of halogens is 2. The zero-order chi connectivity index (χ0) is 25.8. The molecule has 3 heterocycles. The van der Waals surface area contributed by atoms with Crippen LogP contribution in [0.15, 0.2) is 23.3 Å². The number of aromatic nitrogens is 2. The maximum absolute atomic E-state index is 16.1. The SMILES string of the molecule is C=Nc1cnnc2c(F)c(-c3ccc(F)c4sc(NC(=O)OC(C)(C)C)c(C#N)c34)c3c(c12)COC3. The summed E-state index contributed by atoms with van der Waals surface area (Å²) in [5, 5.41) is 21.1. The fourth-order valence-corrected chi connectivity index (χ4v) is 5.39. The molecule has 0 radical (unpaired) electrons. The molecule has 8 nitrogen and oxygen atoms in total. The van der Waals surface area contributed by atoms with E-state index >= 15 is 4.39 Å². The van der Waals surface area contributed by atoms with Crippen molar-refractivity contribution < 1.29 is 23.0 Å². The molecule has 4 aromatic rings. The standard InChI is InChI=1S/C25H19F2N5O3S/c1-25(2,3)35-24(33)31-23-12(7-28)18-11(5-6-15(26)22(18)36-23)17-13-9-34-10-14(13)19-16(29-4)8-30-32-21(19)20(17)27/h5-6,8H,4,9-10H2,1-3H3,(H,31,33). The van der Waals surface area contributed by atoms with Crippen LogP contribution in [0.3, 0.4) is 0 Å². The van der Waals surface area contributed by atoms with E-state index in [1.54, 1.807) is 20.8 Å². The first-order chi connectivity index (χ1) is 17.1. The van der Waals surface area contributed by atoms with Gasteiger partial charge in [-0.25, -0.2) is 13.6 Å². The third-order valence-electron chi connectivity index (χ3n) is 5.68. The van der Waals surface area contributed by atoms with Crippen LogP contribution in [0.2, 0.25) is 0 Å². The molecule has 0 atom stereocenters. The maximum Gasteiger partial charge on any atom is 0.412 e. The number of nitriles is 1. The van der Waals surface area contributed by atoms with Crippen molar-refractivity contribution in [3.05, 3.63) is 46.7 Å². The van der Waals surface area contributed by atoms with Crippen molar-refractivity contribution >= 4 is 55.8 Å². The second-order valence-corrected chi connectivity index (χ2v) is 10.1. The van der Waals surface area contributed by atoms with Gasteiger partial charge in [-0.1, -0.05) is 6.07 Å². The molecule has 0 saturated heterocycles. The molecule has 0 unspecified atom stereocenters. The fourth-order valence-electron chi connectivity index (χ4n) is 4.33. The van der Waals surface area contributed by atoms with Gasteiger partial charge >= 0.3 is 6.09 Å². The molecule has 182 valence electrons. The number of anilines is 1. The van der Waals surface area contributed by atoms with Crippen molar-refractivity contribution in [2.45, 2.75) is 39.6 Å². The van der Waals surface area contributed by atoms with Gasteiger partial charge < -0.3 is 9.47 Å². The molecule has 0 bridgehead atoms. The topological polar surface area (TPSA) is 109 Å². The minimum atomic E-state index is -0.793. The summed E-state index contributed by atoms with van der Waals surface area (Å²) in [6.07, 6.45) is 0.600. The van der Waals surface area contributed by atoms with Gasteiger partial charge in [0.15, 0.2) is 5.82 Å². The van der Waals surface area contributed by atoms with Gasteiger partial charge in [0.05, 0.1) is 35.4 Å². The molecule has 1 aliphatic rings. The molecule has 5 rings (SSSR count). The van der Waals surface area contributed by atoms with Crippen LogP contribution in [-0.2, 0) is 22.7 Å². The Morgan fingerprint density at radius 1 is 1.28 bits per heavy atom. The van der Waals surface area contributed by atoms with E-state index in [9.17, 15) is 14.4 Å². The third kappa shape index (κ3) is 3.75. The van der Waals surface area contributed by atoms with Crippen molar-refractivity contribution in [3.8, 4) is 17.2 Å². The van der Waals surface area contributed by atoms with Crippen molar-refractivity contribution in [1.82, 2.24) is 10.2 Å². The van der Waals surface area contributed by atoms with Crippen LogP contribution in [-0.4, -0.2) is 28.6 Å². The van der Waals surface area contributed by atoms with E-state index in [0.29, 0.717) is 22.2 Å². The van der Waals surface area contributed by atoms with Crippen molar-refractivity contribution in [1.29, 1.82) is 5.26 Å². The number of nitrogens with one attached hydrogen (secondary N) is 1. The number of rotatable bonds is 3. The first kappa shape index (κ1) is 23.7. The number of thiophene rings is 1. The minimum absolute atomic E-state index is 0.00452. The van der Waals surface area contributed by atoms with Crippen molar-refractivity contribution in [2.75, 3.05) is 5.32 Å². The number of benzene rings is 2. The molecule has 36 heavy (non-hydrogen) atoms. The van der Waals surface area contributed by atoms with E-state index < -0.39 is 23.3 Å². The molecular formula is C25H19F2N5O3S. The number of hydrogen-bond donors (Lipinski definition) is 1. The second kappa shape index (κ2) is 8.58. The second-order valence-electron chi connectivity index (χ2n) is 9.09. The van der Waals surface area contributed by atoms with Crippen LogP contribution >= 0.6 is 11.3 Å². The predicted molar refractivity (Wildman–Crippen MR) is 133 cm³/mol. The Hall–Kier alpha value is -4.01. The highest BCUT2D eigenvalue weighted by Gasteiger charge is 2.30. The third-order valence-corrected chi connectivity index (χ3v) is 6.79. The normalized spacial score (nSPS) is 13.0. The Bertz CT molecular complexity index is 1640. The monoisotopic (exact) mass is 507 g/mol. The van der Waals surface area contributed by atoms with Crippen LogP contribution in [0.5, 0.6) is 0 Å². The van der Waals surface area contributed by atoms with Crippen molar-refractivity contribution in [2.24, 2.45) is 4.99 Å². The van der Waals surface area contributed by atoms with Gasteiger partial charge in [-0.15, -0.1) is 16.4 Å². The van der Waals surface area contributed by atoms with E-state index in [1.165, 1.54) is 18.3 Å². The van der Waals surface area contributed by atoms with Crippen LogP contribution < -0.4 is 5.32 Å². The molecule has 0 spiro atoms. The summed E-state index contributed by atoms with van der Waals surface area (Å²) < 4.78 is 42.1. The van der Waals surface area contributed by atoms with E-state index in [4.69, 9.17) is 9.47 Å². The molecule has 2 aromatic heterocycles. The molecule has 0 fully saturated rings. The molecule has 11 heteroatoms. The van der Waals surface area contributed by atoms with Gasteiger partial charge in [0.25, 0.3) is 0 Å². The fraction of sp³-hybridized carbons (Fsp3) is 0.240. The average Bonchev–Trinajstić information content (AvgIpc) is 3.44. The lowest BCUT2D eigenvalue weighted by Gasteiger charge is -2.19. The molecule has 1 amide bonds. The summed E-state index contributed by atoms with van der Waals surface area (Å²) in [7, 11) is 0. The number of ether oxygens (including phenoxy) is 2. The lowest BCUT2D eigenvalue weighted by atomic mass is 9.90. The van der Waals surface area contributed by atoms with Gasteiger partial charge in [-0.05, 0) is 50.2 Å². The zero-order valence-electron chi connectivity index (χ0n) is 19.5. The van der Waals surface area contributed by atoms with E-state index in [0.717, 1.165) is 11.3 Å². The Kier molecular flexibility index (Phi) is 5.65. The smallest absolute Gasteiger partial charge is 0.412 e. The lowest BCUT2D eigenvalue weighted by molar-refractivity contribution is 0.0636. The van der Waals surface area contributed by atoms with Crippen LogP contribution in [0.4, 0.5) is 24.3 Å². The van der Waals surface area contributed by atoms with E-state index in [1.807, 2.05) is 6.07 Å². The van der Waals surface area contributed by atoms with Crippen molar-refractivity contribution in [3.63, 3.8) is 0 Å². The van der Waals surface area contributed by atoms with Gasteiger partial charge in [-0.2, -0.15) is 10.4 Å².